The number of aromatic nitrogens is 4. The molecule has 1 atom stereocenters. The van der Waals surface area contributed by atoms with Crippen LogP contribution < -0.4 is 4.90 Å². The lowest BCUT2D eigenvalue weighted by molar-refractivity contribution is 0.0933. The summed E-state index contributed by atoms with van der Waals surface area (Å²) in [5.74, 6) is 0.171. The molecule has 0 amide bonds. The Labute approximate surface area is 203 Å². The number of sulfonamides is 1. The summed E-state index contributed by atoms with van der Waals surface area (Å²) in [6, 6.07) is 5.51. The molecule has 12 heteroatoms. The average Bonchev–Trinajstić information content (AvgIpc) is 2.87. The molecule has 0 aliphatic carbocycles. The molecule has 0 radical (unpaired) electrons. The summed E-state index contributed by atoms with van der Waals surface area (Å²) in [6.07, 6.45) is 5.31. The van der Waals surface area contributed by atoms with Crippen LogP contribution in [0.4, 0.5) is 10.1 Å². The Morgan fingerprint density at radius 3 is 2.63 bits per heavy atom. The van der Waals surface area contributed by atoms with Gasteiger partial charge in [0.25, 0.3) is 0 Å². The van der Waals surface area contributed by atoms with Crippen LogP contribution in [0.5, 0.6) is 0 Å². The van der Waals surface area contributed by atoms with Crippen molar-refractivity contribution in [3.8, 4) is 11.6 Å². The maximum absolute atomic E-state index is 14.6. The van der Waals surface area contributed by atoms with Crippen LogP contribution in [0.2, 0.25) is 0 Å². The third kappa shape index (κ3) is 5.30. The first-order valence-corrected chi connectivity index (χ1v) is 12.5. The number of hydrogen-bond donors (Lipinski definition) is 0. The number of ether oxygens (including phenoxy) is 2. The molecular formula is C23H27FN6O4S. The fraction of sp³-hybridized carbons (Fsp3) is 0.391. The third-order valence-corrected chi connectivity index (χ3v) is 7.58. The van der Waals surface area contributed by atoms with Gasteiger partial charge in [-0.1, -0.05) is 0 Å². The lowest BCUT2D eigenvalue weighted by Gasteiger charge is -2.37. The monoisotopic (exact) mass is 502 g/mol. The van der Waals surface area contributed by atoms with Crippen LogP contribution in [0.1, 0.15) is 23.9 Å². The lowest BCUT2D eigenvalue weighted by Crippen LogP contribution is -2.37. The molecule has 1 aliphatic rings. The zero-order chi connectivity index (χ0) is 25.0. The van der Waals surface area contributed by atoms with E-state index in [4.69, 9.17) is 9.47 Å². The largest absolute Gasteiger partial charge is 0.385 e. The number of methoxy groups -OCH3 is 2. The standard InChI is InChI=1S/C23H27FN6O4S/c1-29(9-5-11-33-2)35(31,32)18-13-16(24)12-17(14-18)30-10-6-20-19(23(30)34-3)15-27-22(28-20)21-25-7-4-8-26-21/h4,7-8,12-15,23H,5-6,9-11H2,1-3H3. The summed E-state index contributed by atoms with van der Waals surface area (Å²) >= 11 is 0. The SMILES string of the molecule is COCCCN(C)S(=O)(=O)c1cc(F)cc(N2CCc3nc(-c4ncccn4)ncc3C2OC)c1. The quantitative estimate of drug-likeness (QED) is 0.407. The van der Waals surface area contributed by atoms with Gasteiger partial charge in [-0.25, -0.2) is 37.0 Å². The van der Waals surface area contributed by atoms with Crippen molar-refractivity contribution in [1.82, 2.24) is 24.2 Å². The normalized spacial score (nSPS) is 15.9. The molecule has 35 heavy (non-hydrogen) atoms. The molecule has 3 heterocycles. The summed E-state index contributed by atoms with van der Waals surface area (Å²) in [4.78, 5) is 19.1. The Morgan fingerprint density at radius 2 is 1.91 bits per heavy atom. The molecule has 0 saturated carbocycles. The summed E-state index contributed by atoms with van der Waals surface area (Å²) < 4.78 is 52.7. The van der Waals surface area contributed by atoms with E-state index in [-0.39, 0.29) is 11.4 Å². The van der Waals surface area contributed by atoms with Crippen LogP contribution in [-0.4, -0.2) is 73.6 Å². The van der Waals surface area contributed by atoms with E-state index >= 15 is 0 Å². The van der Waals surface area contributed by atoms with E-state index in [1.54, 1.807) is 36.7 Å². The van der Waals surface area contributed by atoms with Gasteiger partial charge in [0.05, 0.1) is 10.6 Å². The summed E-state index contributed by atoms with van der Waals surface area (Å²) in [7, 11) is 0.658. The summed E-state index contributed by atoms with van der Waals surface area (Å²) in [6.45, 7) is 1.12. The topological polar surface area (TPSA) is 111 Å². The van der Waals surface area contributed by atoms with E-state index in [2.05, 4.69) is 19.9 Å². The minimum absolute atomic E-state index is 0.124. The van der Waals surface area contributed by atoms with Gasteiger partial charge in [-0.2, -0.15) is 0 Å². The van der Waals surface area contributed by atoms with Crippen molar-refractivity contribution < 1.29 is 22.3 Å². The zero-order valence-electron chi connectivity index (χ0n) is 19.8. The lowest BCUT2D eigenvalue weighted by atomic mass is 10.0. The van der Waals surface area contributed by atoms with Gasteiger partial charge in [0.15, 0.2) is 17.9 Å². The summed E-state index contributed by atoms with van der Waals surface area (Å²) in [5.41, 5.74) is 1.87. The Balaban J connectivity index is 1.64. The highest BCUT2D eigenvalue weighted by atomic mass is 32.2. The van der Waals surface area contributed by atoms with E-state index in [1.165, 1.54) is 30.6 Å². The van der Waals surface area contributed by atoms with Gasteiger partial charge >= 0.3 is 0 Å². The van der Waals surface area contributed by atoms with Crippen LogP contribution in [-0.2, 0) is 25.9 Å². The number of nitrogens with zero attached hydrogens (tertiary/aromatic N) is 6. The van der Waals surface area contributed by atoms with E-state index in [9.17, 15) is 12.8 Å². The fourth-order valence-corrected chi connectivity index (χ4v) is 5.24. The van der Waals surface area contributed by atoms with Gasteiger partial charge in [-0.05, 0) is 30.7 Å². The minimum Gasteiger partial charge on any atom is -0.385 e. The number of halogens is 1. The van der Waals surface area contributed by atoms with Gasteiger partial charge in [0, 0.05) is 77.2 Å². The average molecular weight is 503 g/mol. The molecule has 0 spiro atoms. The second kappa shape index (κ2) is 10.7. The molecular weight excluding hydrogens is 475 g/mol. The van der Waals surface area contributed by atoms with E-state index in [1.807, 2.05) is 0 Å². The smallest absolute Gasteiger partial charge is 0.242 e. The molecule has 1 aliphatic heterocycles. The van der Waals surface area contributed by atoms with Gasteiger partial charge in [0.2, 0.25) is 10.0 Å². The maximum Gasteiger partial charge on any atom is 0.242 e. The van der Waals surface area contributed by atoms with Crippen LogP contribution >= 0.6 is 0 Å². The highest BCUT2D eigenvalue weighted by molar-refractivity contribution is 7.89. The molecule has 186 valence electrons. The highest BCUT2D eigenvalue weighted by Gasteiger charge is 2.31. The number of rotatable bonds is 9. The molecule has 1 aromatic carbocycles. The molecule has 2 aromatic heterocycles. The number of benzene rings is 1. The Morgan fingerprint density at radius 1 is 1.14 bits per heavy atom. The number of anilines is 1. The molecule has 0 fully saturated rings. The predicted octanol–water partition coefficient (Wildman–Crippen LogP) is 2.44. The van der Waals surface area contributed by atoms with Crippen molar-refractivity contribution in [2.45, 2.75) is 24.0 Å². The van der Waals surface area contributed by atoms with Crippen LogP contribution in [0.15, 0.2) is 47.8 Å². The zero-order valence-corrected chi connectivity index (χ0v) is 20.6. The number of hydrogen-bond acceptors (Lipinski definition) is 9. The van der Waals surface area contributed by atoms with Crippen molar-refractivity contribution in [3.63, 3.8) is 0 Å². The van der Waals surface area contributed by atoms with Gasteiger partial charge < -0.3 is 14.4 Å². The van der Waals surface area contributed by atoms with Crippen molar-refractivity contribution in [2.75, 3.05) is 45.9 Å². The predicted molar refractivity (Wildman–Crippen MR) is 127 cm³/mol. The molecule has 0 bridgehead atoms. The Hall–Kier alpha value is -3.06. The van der Waals surface area contributed by atoms with E-state index < -0.39 is 22.1 Å². The number of fused-ring (bicyclic) bond motifs is 1. The van der Waals surface area contributed by atoms with Crippen molar-refractivity contribution >= 4 is 15.7 Å². The van der Waals surface area contributed by atoms with Crippen molar-refractivity contribution in [3.05, 3.63) is 59.9 Å². The van der Waals surface area contributed by atoms with Crippen LogP contribution in [0, 0.1) is 5.82 Å². The maximum atomic E-state index is 14.6. The molecule has 3 aromatic rings. The van der Waals surface area contributed by atoms with Gasteiger partial charge in [-0.3, -0.25) is 0 Å². The van der Waals surface area contributed by atoms with Crippen molar-refractivity contribution in [2.24, 2.45) is 0 Å². The third-order valence-electron chi connectivity index (χ3n) is 5.75. The molecule has 10 nitrogen and oxygen atoms in total. The van der Waals surface area contributed by atoms with Crippen LogP contribution in [0.25, 0.3) is 11.6 Å². The van der Waals surface area contributed by atoms with E-state index in [0.717, 1.165) is 11.8 Å². The molecule has 0 saturated heterocycles. The Kier molecular flexibility index (Phi) is 7.65. The first kappa shape index (κ1) is 25.0. The first-order chi connectivity index (χ1) is 16.8. The highest BCUT2D eigenvalue weighted by Crippen LogP contribution is 2.35. The molecule has 1 unspecified atom stereocenters. The van der Waals surface area contributed by atoms with Gasteiger partial charge in [0.1, 0.15) is 5.82 Å². The Bertz CT molecular complexity index is 1280. The second-order valence-corrected chi connectivity index (χ2v) is 10.1. The van der Waals surface area contributed by atoms with Crippen molar-refractivity contribution in [1.29, 1.82) is 0 Å². The molecule has 0 N–H and O–H groups in total. The summed E-state index contributed by atoms with van der Waals surface area (Å²) in [5, 5.41) is 0. The minimum atomic E-state index is -3.89. The van der Waals surface area contributed by atoms with Gasteiger partial charge in [-0.15, -0.1) is 0 Å². The van der Waals surface area contributed by atoms with Crippen LogP contribution in [0.3, 0.4) is 0 Å². The van der Waals surface area contributed by atoms with E-state index in [0.29, 0.717) is 48.9 Å². The molecule has 4 rings (SSSR count). The fourth-order valence-electron chi connectivity index (χ4n) is 3.98. The first-order valence-electron chi connectivity index (χ1n) is 11.0. The second-order valence-electron chi connectivity index (χ2n) is 8.02.